The topological polar surface area (TPSA) is 52.6 Å². The number of benzene rings is 2. The highest BCUT2D eigenvalue weighted by atomic mass is 16.5. The van der Waals surface area contributed by atoms with Gasteiger partial charge >= 0.3 is 0 Å². The summed E-state index contributed by atoms with van der Waals surface area (Å²) in [6, 6.07) is 16.9. The monoisotopic (exact) mass is 346 g/mol. The third-order valence-electron chi connectivity index (χ3n) is 4.38. The van der Waals surface area contributed by atoms with E-state index in [0.717, 1.165) is 16.7 Å². The van der Waals surface area contributed by atoms with Gasteiger partial charge in [-0.2, -0.15) is 0 Å². The van der Waals surface area contributed by atoms with Crippen molar-refractivity contribution in [2.24, 2.45) is 0 Å². The summed E-state index contributed by atoms with van der Waals surface area (Å²) in [6.07, 6.45) is 1.54. The maximum atomic E-state index is 13.0. The molecule has 0 N–H and O–H groups in total. The lowest BCUT2D eigenvalue weighted by atomic mass is 10.1. The SMILES string of the molecule is Cc1ccc2c(=O)c(OCc3ccccc3C)c(-c3ccco3)oc2c1. The van der Waals surface area contributed by atoms with Crippen LogP contribution in [0.4, 0.5) is 0 Å². The van der Waals surface area contributed by atoms with E-state index in [2.05, 4.69) is 0 Å². The van der Waals surface area contributed by atoms with Gasteiger partial charge in [0.05, 0.1) is 11.6 Å². The van der Waals surface area contributed by atoms with E-state index >= 15 is 0 Å². The Morgan fingerprint density at radius 2 is 1.85 bits per heavy atom. The zero-order valence-corrected chi connectivity index (χ0v) is 14.6. The number of ether oxygens (including phenoxy) is 1. The van der Waals surface area contributed by atoms with Gasteiger partial charge in [-0.3, -0.25) is 4.79 Å². The van der Waals surface area contributed by atoms with Gasteiger partial charge in [0, 0.05) is 0 Å². The van der Waals surface area contributed by atoms with E-state index in [4.69, 9.17) is 13.6 Å². The van der Waals surface area contributed by atoms with Gasteiger partial charge < -0.3 is 13.6 Å². The first-order valence-corrected chi connectivity index (χ1v) is 8.42. The Morgan fingerprint density at radius 3 is 2.62 bits per heavy atom. The second kappa shape index (κ2) is 6.56. The summed E-state index contributed by atoms with van der Waals surface area (Å²) in [5.41, 5.74) is 3.45. The molecule has 2 heterocycles. The molecule has 0 aliphatic carbocycles. The van der Waals surface area contributed by atoms with Crippen molar-refractivity contribution in [2.45, 2.75) is 20.5 Å². The summed E-state index contributed by atoms with van der Waals surface area (Å²) in [7, 11) is 0. The van der Waals surface area contributed by atoms with Crippen LogP contribution in [0.3, 0.4) is 0 Å². The Hall–Kier alpha value is -3.27. The van der Waals surface area contributed by atoms with Crippen molar-refractivity contribution in [2.75, 3.05) is 0 Å². The normalized spacial score (nSPS) is 11.0. The molecule has 2 aromatic carbocycles. The summed E-state index contributed by atoms with van der Waals surface area (Å²) >= 11 is 0. The Morgan fingerprint density at radius 1 is 1.00 bits per heavy atom. The van der Waals surface area contributed by atoms with E-state index < -0.39 is 0 Å². The molecule has 0 saturated carbocycles. The van der Waals surface area contributed by atoms with Crippen molar-refractivity contribution in [3.63, 3.8) is 0 Å². The van der Waals surface area contributed by atoms with Crippen LogP contribution in [0.25, 0.3) is 22.5 Å². The van der Waals surface area contributed by atoms with Gasteiger partial charge in [0.2, 0.25) is 16.9 Å². The summed E-state index contributed by atoms with van der Waals surface area (Å²) in [6.45, 7) is 4.24. The van der Waals surface area contributed by atoms with Crippen molar-refractivity contribution < 1.29 is 13.6 Å². The van der Waals surface area contributed by atoms with Gasteiger partial charge in [0.25, 0.3) is 0 Å². The largest absolute Gasteiger partial charge is 0.481 e. The molecule has 4 heteroatoms. The first-order valence-electron chi connectivity index (χ1n) is 8.42. The highest BCUT2D eigenvalue weighted by Crippen LogP contribution is 2.32. The molecule has 0 aliphatic rings. The zero-order valence-electron chi connectivity index (χ0n) is 14.6. The molecule has 130 valence electrons. The van der Waals surface area contributed by atoms with Gasteiger partial charge in [0.15, 0.2) is 5.76 Å². The molecule has 26 heavy (non-hydrogen) atoms. The van der Waals surface area contributed by atoms with Crippen LogP contribution in [0.5, 0.6) is 5.75 Å². The third-order valence-corrected chi connectivity index (χ3v) is 4.38. The van der Waals surface area contributed by atoms with Crippen LogP contribution in [-0.2, 0) is 6.61 Å². The summed E-state index contributed by atoms with van der Waals surface area (Å²) in [4.78, 5) is 13.0. The second-order valence-electron chi connectivity index (χ2n) is 6.28. The molecule has 4 nitrogen and oxygen atoms in total. The van der Waals surface area contributed by atoms with Crippen LogP contribution >= 0.6 is 0 Å². The van der Waals surface area contributed by atoms with Crippen LogP contribution in [0.15, 0.2) is 74.5 Å². The molecular weight excluding hydrogens is 328 g/mol. The van der Waals surface area contributed by atoms with Crippen molar-refractivity contribution in [3.05, 3.63) is 87.8 Å². The number of aryl methyl sites for hydroxylation is 2. The zero-order chi connectivity index (χ0) is 18.1. The first-order chi connectivity index (χ1) is 12.6. The van der Waals surface area contributed by atoms with Gasteiger partial charge in [0.1, 0.15) is 12.2 Å². The highest BCUT2D eigenvalue weighted by molar-refractivity contribution is 5.81. The van der Waals surface area contributed by atoms with Crippen LogP contribution in [0.1, 0.15) is 16.7 Å². The number of hydrogen-bond donors (Lipinski definition) is 0. The number of hydrogen-bond acceptors (Lipinski definition) is 4. The molecule has 4 rings (SSSR count). The van der Waals surface area contributed by atoms with Crippen molar-refractivity contribution >= 4 is 11.0 Å². The molecule has 0 aliphatic heterocycles. The molecule has 0 unspecified atom stereocenters. The molecule has 0 saturated heterocycles. The Balaban J connectivity index is 1.85. The molecular formula is C22H18O4. The first kappa shape index (κ1) is 16.2. The molecule has 0 amide bonds. The fourth-order valence-corrected chi connectivity index (χ4v) is 2.91. The molecule has 0 fully saturated rings. The molecule has 2 aromatic heterocycles. The predicted octanol–water partition coefficient (Wildman–Crippen LogP) is 5.25. The summed E-state index contributed by atoms with van der Waals surface area (Å²) in [5.74, 6) is 0.941. The fourth-order valence-electron chi connectivity index (χ4n) is 2.91. The van der Waals surface area contributed by atoms with Crippen LogP contribution in [0.2, 0.25) is 0 Å². The second-order valence-corrected chi connectivity index (χ2v) is 6.28. The third kappa shape index (κ3) is 2.90. The number of furan rings is 1. The van der Waals surface area contributed by atoms with Crippen LogP contribution < -0.4 is 10.2 Å². The number of rotatable bonds is 4. The van der Waals surface area contributed by atoms with Crippen LogP contribution in [-0.4, -0.2) is 0 Å². The van der Waals surface area contributed by atoms with E-state index in [1.165, 1.54) is 0 Å². The molecule has 0 radical (unpaired) electrons. The highest BCUT2D eigenvalue weighted by Gasteiger charge is 2.20. The van der Waals surface area contributed by atoms with Crippen molar-refractivity contribution in [1.82, 2.24) is 0 Å². The smallest absolute Gasteiger partial charge is 0.235 e. The average molecular weight is 346 g/mol. The predicted molar refractivity (Wildman–Crippen MR) is 100 cm³/mol. The number of fused-ring (bicyclic) bond motifs is 1. The summed E-state index contributed by atoms with van der Waals surface area (Å²) < 4.78 is 17.4. The van der Waals surface area contributed by atoms with Crippen molar-refractivity contribution in [1.29, 1.82) is 0 Å². The molecule has 0 bridgehead atoms. The lowest BCUT2D eigenvalue weighted by Crippen LogP contribution is -2.10. The van der Waals surface area contributed by atoms with Gasteiger partial charge in [-0.15, -0.1) is 0 Å². The van der Waals surface area contributed by atoms with E-state index in [9.17, 15) is 4.79 Å². The van der Waals surface area contributed by atoms with Gasteiger partial charge in [-0.1, -0.05) is 30.3 Å². The van der Waals surface area contributed by atoms with E-state index in [-0.39, 0.29) is 17.8 Å². The fraction of sp³-hybridized carbons (Fsp3) is 0.136. The van der Waals surface area contributed by atoms with E-state index in [0.29, 0.717) is 22.5 Å². The van der Waals surface area contributed by atoms with Crippen molar-refractivity contribution in [3.8, 4) is 17.3 Å². The maximum absolute atomic E-state index is 13.0. The molecule has 0 spiro atoms. The lowest BCUT2D eigenvalue weighted by molar-refractivity contribution is 0.295. The quantitative estimate of drug-likeness (QED) is 0.506. The minimum absolute atomic E-state index is 0.166. The summed E-state index contributed by atoms with van der Waals surface area (Å²) in [5, 5.41) is 0.491. The van der Waals surface area contributed by atoms with Gasteiger partial charge in [-0.05, 0) is 54.8 Å². The Labute approximate surface area is 150 Å². The minimum atomic E-state index is -0.203. The van der Waals surface area contributed by atoms with Crippen LogP contribution in [0, 0.1) is 13.8 Å². The maximum Gasteiger partial charge on any atom is 0.235 e. The van der Waals surface area contributed by atoms with E-state index in [1.807, 2.05) is 50.2 Å². The van der Waals surface area contributed by atoms with Gasteiger partial charge in [-0.25, -0.2) is 0 Å². The Bertz CT molecular complexity index is 1120. The standard InChI is InChI=1S/C22H18O4/c1-14-9-10-17-19(12-14)26-21(18-8-5-11-24-18)22(20(17)23)25-13-16-7-4-3-6-15(16)2/h3-12H,13H2,1-2H3. The van der Waals surface area contributed by atoms with E-state index in [1.54, 1.807) is 24.5 Å². The average Bonchev–Trinajstić information content (AvgIpc) is 3.16. The minimum Gasteiger partial charge on any atom is -0.481 e. The Kier molecular flexibility index (Phi) is 4.09. The molecule has 4 aromatic rings. The molecule has 0 atom stereocenters. The lowest BCUT2D eigenvalue weighted by Gasteiger charge is -2.12.